The fraction of sp³-hybridized carbons (Fsp3) is 0.769. The molecule has 7 heteroatoms. The maximum Gasteiger partial charge on any atom is 0.407 e. The predicted octanol–water partition coefficient (Wildman–Crippen LogP) is 2.83. The molecule has 0 rings (SSSR count). The fourth-order valence-electron chi connectivity index (χ4n) is 1.23. The largest absolute Gasteiger partial charge is 0.444 e. The van der Waals surface area contributed by atoms with E-state index in [1.807, 2.05) is 0 Å². The highest BCUT2D eigenvalue weighted by Crippen LogP contribution is 2.13. The molecule has 0 saturated carbocycles. The molecule has 0 bridgehead atoms. The summed E-state index contributed by atoms with van der Waals surface area (Å²) in [6, 6.07) is -0.189. The van der Waals surface area contributed by atoms with Gasteiger partial charge in [-0.3, -0.25) is 9.59 Å². The van der Waals surface area contributed by atoms with Crippen molar-refractivity contribution in [2.75, 3.05) is 11.5 Å². The van der Waals surface area contributed by atoms with E-state index in [1.54, 1.807) is 20.8 Å². The topological polar surface area (TPSA) is 72.5 Å². The Hall–Kier alpha value is -0.690. The average molecular weight is 321 g/mol. The van der Waals surface area contributed by atoms with Gasteiger partial charge in [-0.15, -0.1) is 0 Å². The van der Waals surface area contributed by atoms with Gasteiger partial charge in [0.05, 0.1) is 0 Å². The van der Waals surface area contributed by atoms with Crippen LogP contribution in [0.3, 0.4) is 0 Å². The summed E-state index contributed by atoms with van der Waals surface area (Å²) in [6.45, 7) is 8.36. The van der Waals surface area contributed by atoms with E-state index in [4.69, 9.17) is 4.74 Å². The Bertz CT molecular complexity index is 353. The molecule has 1 atom stereocenters. The molecule has 20 heavy (non-hydrogen) atoms. The highest BCUT2D eigenvalue weighted by Gasteiger charge is 2.20. The number of carbonyl (C=O) groups excluding carboxylic acids is 3. The standard InChI is InChI=1S/C13H23NO4S2/c1-9(15)19-7-6-11(8-20-10(2)16)14-12(17)18-13(3,4)5/h11H,6-8H2,1-5H3,(H,14,17). The molecule has 0 aliphatic rings. The van der Waals surface area contributed by atoms with Crippen LogP contribution < -0.4 is 5.32 Å². The molecular formula is C13H23NO4S2. The molecule has 116 valence electrons. The molecule has 0 aliphatic carbocycles. The first-order valence-corrected chi connectivity index (χ1v) is 8.33. The number of hydrogen-bond acceptors (Lipinski definition) is 6. The molecule has 0 radical (unpaired) electrons. The zero-order chi connectivity index (χ0) is 15.8. The van der Waals surface area contributed by atoms with E-state index in [0.29, 0.717) is 17.9 Å². The number of hydrogen-bond donors (Lipinski definition) is 1. The fourth-order valence-corrected chi connectivity index (χ4v) is 2.61. The van der Waals surface area contributed by atoms with Crippen LogP contribution >= 0.6 is 23.5 Å². The third-order valence-corrected chi connectivity index (χ3v) is 3.80. The van der Waals surface area contributed by atoms with Crippen LogP contribution in [0.15, 0.2) is 0 Å². The van der Waals surface area contributed by atoms with Gasteiger partial charge in [-0.2, -0.15) is 0 Å². The molecule has 0 aliphatic heterocycles. The zero-order valence-corrected chi connectivity index (χ0v) is 14.3. The van der Waals surface area contributed by atoms with Crippen LogP contribution in [0.25, 0.3) is 0 Å². The maximum atomic E-state index is 11.7. The number of ether oxygens (including phenoxy) is 1. The lowest BCUT2D eigenvalue weighted by Gasteiger charge is -2.23. The number of rotatable bonds is 6. The minimum absolute atomic E-state index is 0.000194. The van der Waals surface area contributed by atoms with E-state index in [0.717, 1.165) is 11.8 Å². The van der Waals surface area contributed by atoms with E-state index < -0.39 is 11.7 Å². The van der Waals surface area contributed by atoms with Gasteiger partial charge in [0.25, 0.3) is 0 Å². The SMILES string of the molecule is CC(=O)SCCC(CSC(C)=O)NC(=O)OC(C)(C)C. The predicted molar refractivity (Wildman–Crippen MR) is 84.1 cm³/mol. The first kappa shape index (κ1) is 19.3. The highest BCUT2D eigenvalue weighted by molar-refractivity contribution is 8.13. The second-order valence-electron chi connectivity index (χ2n) is 5.27. The quantitative estimate of drug-likeness (QED) is 0.811. The molecule has 5 nitrogen and oxygen atoms in total. The lowest BCUT2D eigenvalue weighted by Crippen LogP contribution is -2.41. The molecule has 1 unspecified atom stereocenters. The first-order chi connectivity index (χ1) is 9.10. The van der Waals surface area contributed by atoms with Crippen molar-refractivity contribution in [3.63, 3.8) is 0 Å². The smallest absolute Gasteiger partial charge is 0.407 e. The maximum absolute atomic E-state index is 11.7. The summed E-state index contributed by atoms with van der Waals surface area (Å²) in [5.74, 6) is 1.08. The molecule has 0 fully saturated rings. The Kier molecular flexibility index (Phi) is 8.96. The van der Waals surface area contributed by atoms with Gasteiger partial charge >= 0.3 is 6.09 Å². The Balaban J connectivity index is 4.32. The summed E-state index contributed by atoms with van der Waals surface area (Å²) in [4.78, 5) is 33.6. The zero-order valence-electron chi connectivity index (χ0n) is 12.6. The Labute approximate surface area is 129 Å². The van der Waals surface area contributed by atoms with Gasteiger partial charge in [0.1, 0.15) is 5.60 Å². The van der Waals surface area contributed by atoms with Crippen molar-refractivity contribution in [1.29, 1.82) is 0 Å². The second-order valence-corrected chi connectivity index (χ2v) is 7.74. The normalized spacial score (nSPS) is 12.7. The van der Waals surface area contributed by atoms with Gasteiger partial charge in [-0.25, -0.2) is 4.79 Å². The van der Waals surface area contributed by atoms with Gasteiger partial charge in [0.15, 0.2) is 10.2 Å². The molecule has 0 aromatic carbocycles. The molecule has 0 aromatic heterocycles. The lowest BCUT2D eigenvalue weighted by molar-refractivity contribution is -0.109. The number of nitrogens with one attached hydrogen (secondary N) is 1. The Morgan fingerprint density at radius 3 is 2.10 bits per heavy atom. The van der Waals surface area contributed by atoms with Crippen molar-refractivity contribution in [1.82, 2.24) is 5.32 Å². The first-order valence-electron chi connectivity index (χ1n) is 6.36. The lowest BCUT2D eigenvalue weighted by atomic mass is 10.2. The van der Waals surface area contributed by atoms with Crippen molar-refractivity contribution in [3.05, 3.63) is 0 Å². The van der Waals surface area contributed by atoms with Crippen LogP contribution in [-0.4, -0.2) is 39.5 Å². The highest BCUT2D eigenvalue weighted by atomic mass is 32.2. The van der Waals surface area contributed by atoms with Crippen LogP contribution in [0.1, 0.15) is 41.0 Å². The van der Waals surface area contributed by atoms with Crippen molar-refractivity contribution < 1.29 is 19.1 Å². The summed E-state index contributed by atoms with van der Waals surface area (Å²) in [5, 5.41) is 2.79. The van der Waals surface area contributed by atoms with E-state index in [1.165, 1.54) is 25.6 Å². The molecule has 0 heterocycles. The van der Waals surface area contributed by atoms with Gasteiger partial charge in [-0.05, 0) is 27.2 Å². The van der Waals surface area contributed by atoms with E-state index in [2.05, 4.69) is 5.32 Å². The minimum Gasteiger partial charge on any atom is -0.444 e. The van der Waals surface area contributed by atoms with Gasteiger partial charge in [0, 0.05) is 31.4 Å². The average Bonchev–Trinajstić information content (AvgIpc) is 2.22. The van der Waals surface area contributed by atoms with Crippen LogP contribution in [0, 0.1) is 0 Å². The number of alkyl carbamates (subject to hydrolysis) is 1. The van der Waals surface area contributed by atoms with Gasteiger partial charge in [-0.1, -0.05) is 23.5 Å². The van der Waals surface area contributed by atoms with Crippen LogP contribution in [0.5, 0.6) is 0 Å². The van der Waals surface area contributed by atoms with Gasteiger partial charge < -0.3 is 10.1 Å². The van der Waals surface area contributed by atoms with Gasteiger partial charge in [0.2, 0.25) is 0 Å². The Morgan fingerprint density at radius 2 is 1.65 bits per heavy atom. The summed E-state index contributed by atoms with van der Waals surface area (Å²) < 4.78 is 5.18. The van der Waals surface area contributed by atoms with E-state index in [-0.39, 0.29) is 16.3 Å². The van der Waals surface area contributed by atoms with Crippen LogP contribution in [0.2, 0.25) is 0 Å². The van der Waals surface area contributed by atoms with Crippen LogP contribution in [0.4, 0.5) is 4.79 Å². The Morgan fingerprint density at radius 1 is 1.10 bits per heavy atom. The van der Waals surface area contributed by atoms with Crippen molar-refractivity contribution in [2.24, 2.45) is 0 Å². The second kappa shape index (κ2) is 9.28. The van der Waals surface area contributed by atoms with E-state index in [9.17, 15) is 14.4 Å². The summed E-state index contributed by atoms with van der Waals surface area (Å²) in [6.07, 6.45) is 0.114. The van der Waals surface area contributed by atoms with Crippen molar-refractivity contribution >= 4 is 39.8 Å². The summed E-state index contributed by atoms with van der Waals surface area (Å²) in [7, 11) is 0. The number of amides is 1. The van der Waals surface area contributed by atoms with Crippen molar-refractivity contribution in [3.8, 4) is 0 Å². The third-order valence-electron chi connectivity index (χ3n) is 1.98. The van der Waals surface area contributed by atoms with Crippen LogP contribution in [-0.2, 0) is 14.3 Å². The third kappa shape index (κ3) is 12.3. The molecule has 0 aromatic rings. The van der Waals surface area contributed by atoms with Crippen molar-refractivity contribution in [2.45, 2.75) is 52.7 Å². The molecule has 1 amide bonds. The molecular weight excluding hydrogens is 298 g/mol. The molecule has 0 saturated heterocycles. The number of carbonyl (C=O) groups is 3. The monoisotopic (exact) mass is 321 g/mol. The summed E-state index contributed by atoms with van der Waals surface area (Å²) >= 11 is 2.36. The van der Waals surface area contributed by atoms with E-state index >= 15 is 0 Å². The molecule has 0 spiro atoms. The number of thioether (sulfide) groups is 2. The summed E-state index contributed by atoms with van der Waals surface area (Å²) in [5.41, 5.74) is -0.559. The minimum atomic E-state index is -0.559. The molecule has 1 N–H and O–H groups in total.